The normalized spacial score (nSPS) is 19.1. The Labute approximate surface area is 234 Å². The summed E-state index contributed by atoms with van der Waals surface area (Å²) < 4.78 is 15.1. The van der Waals surface area contributed by atoms with Gasteiger partial charge in [-0.15, -0.1) is 0 Å². The van der Waals surface area contributed by atoms with Crippen LogP contribution in [0.15, 0.2) is 60.8 Å². The van der Waals surface area contributed by atoms with E-state index < -0.39 is 0 Å². The fourth-order valence-electron chi connectivity index (χ4n) is 6.14. The lowest BCUT2D eigenvalue weighted by Crippen LogP contribution is -2.43. The first-order valence-corrected chi connectivity index (χ1v) is 14.7. The third-order valence-electron chi connectivity index (χ3n) is 9.04. The molecule has 2 unspecified atom stereocenters. The number of likely N-dealkylation sites (N-methyl/N-ethyl adjacent to an activating group) is 1. The number of benzene rings is 2. The molecule has 1 fully saturated rings. The molecule has 39 heavy (non-hydrogen) atoms. The lowest BCUT2D eigenvalue weighted by molar-refractivity contribution is 0.148. The molecule has 206 valence electrons. The van der Waals surface area contributed by atoms with Crippen molar-refractivity contribution in [2.24, 2.45) is 5.92 Å². The number of pyridine rings is 1. The van der Waals surface area contributed by atoms with Crippen LogP contribution in [-0.4, -0.2) is 48.0 Å². The van der Waals surface area contributed by atoms with Gasteiger partial charge < -0.3 is 4.90 Å². The molecule has 1 aromatic heterocycles. The van der Waals surface area contributed by atoms with Crippen LogP contribution in [0, 0.1) is 11.7 Å². The summed E-state index contributed by atoms with van der Waals surface area (Å²) in [7, 11) is 2.19. The second-order valence-corrected chi connectivity index (χ2v) is 12.0. The highest BCUT2D eigenvalue weighted by Crippen LogP contribution is 2.37. The van der Waals surface area contributed by atoms with E-state index in [0.717, 1.165) is 76.1 Å². The van der Waals surface area contributed by atoms with E-state index in [1.54, 1.807) is 0 Å². The summed E-state index contributed by atoms with van der Waals surface area (Å²) in [6, 6.07) is 15.9. The molecule has 2 atom stereocenters. The van der Waals surface area contributed by atoms with Gasteiger partial charge in [0.15, 0.2) is 0 Å². The van der Waals surface area contributed by atoms with Crippen LogP contribution < -0.4 is 0 Å². The number of halogens is 1. The Morgan fingerprint density at radius 2 is 1.85 bits per heavy atom. The molecule has 2 aliphatic rings. The maximum absolute atomic E-state index is 15.1. The van der Waals surface area contributed by atoms with Crippen LogP contribution in [0.1, 0.15) is 66.6 Å². The quantitative estimate of drug-likeness (QED) is 0.289. The Morgan fingerprint density at radius 1 is 1.05 bits per heavy atom. The molecule has 0 spiro atoms. The molecule has 3 aromatic rings. The van der Waals surface area contributed by atoms with Gasteiger partial charge >= 0.3 is 0 Å². The monoisotopic (exact) mass is 525 g/mol. The molecule has 3 nitrogen and oxygen atoms in total. The summed E-state index contributed by atoms with van der Waals surface area (Å²) in [5.41, 5.74) is 10.9. The first kappa shape index (κ1) is 27.7. The topological polar surface area (TPSA) is 19.4 Å². The molecule has 0 amide bonds. The van der Waals surface area contributed by atoms with Crippen molar-refractivity contribution in [3.8, 4) is 11.1 Å². The number of nitrogens with zero attached hydrogens (tertiary/aromatic N) is 3. The van der Waals surface area contributed by atoms with Gasteiger partial charge in [-0.3, -0.25) is 9.88 Å². The van der Waals surface area contributed by atoms with Crippen molar-refractivity contribution in [3.63, 3.8) is 0 Å². The molecule has 2 aromatic carbocycles. The standard InChI is InChI=1S/C35H44FN3/c1-6-32-21-34(35(36)22-37-32)33-12-11-29(20-31(33)23-39-15-13-38(5)14-16-39)28-10-9-27-8-7-26(18-30(27)19-28)17-25(4)24(2)3/h7-8,11-12,18,20-22,25,28H,2,6,9-10,13-17,19,23H2,1,3-5H3. The summed E-state index contributed by atoms with van der Waals surface area (Å²) in [5.74, 6) is 0.747. The van der Waals surface area contributed by atoms with Crippen LogP contribution in [0.2, 0.25) is 0 Å². The van der Waals surface area contributed by atoms with E-state index in [0.29, 0.717) is 17.4 Å². The Hall–Kier alpha value is -2.82. The lowest BCUT2D eigenvalue weighted by atomic mass is 9.78. The molecule has 1 aliphatic carbocycles. The highest BCUT2D eigenvalue weighted by atomic mass is 19.1. The highest BCUT2D eigenvalue weighted by Gasteiger charge is 2.24. The van der Waals surface area contributed by atoms with Gasteiger partial charge in [-0.25, -0.2) is 4.39 Å². The Bertz CT molecular complexity index is 1320. The zero-order chi connectivity index (χ0) is 27.5. The van der Waals surface area contributed by atoms with E-state index in [-0.39, 0.29) is 5.82 Å². The van der Waals surface area contributed by atoms with Gasteiger partial charge in [-0.05, 0) is 97.4 Å². The van der Waals surface area contributed by atoms with Gasteiger partial charge in [0.2, 0.25) is 0 Å². The lowest BCUT2D eigenvalue weighted by Gasteiger charge is -2.33. The third kappa shape index (κ3) is 6.50. The second-order valence-electron chi connectivity index (χ2n) is 12.0. The first-order chi connectivity index (χ1) is 18.8. The molecule has 4 heteroatoms. The SMILES string of the molecule is C=C(C)C(C)Cc1ccc2c(c1)CC(c1ccc(-c3cc(CC)ncc3F)c(CN3CCN(C)CC3)c1)CC2. The maximum Gasteiger partial charge on any atom is 0.149 e. The minimum absolute atomic E-state index is 0.234. The summed E-state index contributed by atoms with van der Waals surface area (Å²) in [6.45, 7) is 15.7. The van der Waals surface area contributed by atoms with Crippen LogP contribution in [-0.2, 0) is 32.2 Å². The molecule has 0 N–H and O–H groups in total. The minimum Gasteiger partial charge on any atom is -0.304 e. The van der Waals surface area contributed by atoms with Crippen LogP contribution in [0.4, 0.5) is 4.39 Å². The number of aromatic nitrogens is 1. The van der Waals surface area contributed by atoms with Crippen molar-refractivity contribution in [3.05, 3.63) is 100 Å². The Morgan fingerprint density at radius 3 is 2.59 bits per heavy atom. The van der Waals surface area contributed by atoms with Crippen molar-refractivity contribution >= 4 is 0 Å². The number of fused-ring (bicyclic) bond motifs is 1. The number of hydrogen-bond acceptors (Lipinski definition) is 3. The molecule has 0 saturated carbocycles. The fourth-order valence-corrected chi connectivity index (χ4v) is 6.14. The van der Waals surface area contributed by atoms with E-state index in [2.05, 4.69) is 85.6 Å². The first-order valence-electron chi connectivity index (χ1n) is 14.7. The highest BCUT2D eigenvalue weighted by molar-refractivity contribution is 5.69. The minimum atomic E-state index is -0.234. The Balaban J connectivity index is 1.45. The molecule has 0 bridgehead atoms. The zero-order valence-electron chi connectivity index (χ0n) is 24.3. The Kier molecular flexibility index (Phi) is 8.64. The summed E-state index contributed by atoms with van der Waals surface area (Å²) in [6.07, 6.45) is 6.59. The van der Waals surface area contributed by atoms with Gasteiger partial charge in [0.1, 0.15) is 5.82 Å². The average molecular weight is 526 g/mol. The van der Waals surface area contributed by atoms with E-state index in [4.69, 9.17) is 0 Å². The van der Waals surface area contributed by atoms with Crippen LogP contribution in [0.25, 0.3) is 11.1 Å². The van der Waals surface area contributed by atoms with Crippen LogP contribution in [0.3, 0.4) is 0 Å². The number of rotatable bonds is 8. The predicted octanol–water partition coefficient (Wildman–Crippen LogP) is 7.22. The molecule has 5 rings (SSSR count). The van der Waals surface area contributed by atoms with E-state index in [1.165, 1.54) is 39.6 Å². The smallest absolute Gasteiger partial charge is 0.149 e. The zero-order valence-corrected chi connectivity index (χ0v) is 24.3. The van der Waals surface area contributed by atoms with Crippen LogP contribution in [0.5, 0.6) is 0 Å². The van der Waals surface area contributed by atoms with Crippen molar-refractivity contribution in [1.29, 1.82) is 0 Å². The largest absolute Gasteiger partial charge is 0.304 e. The van der Waals surface area contributed by atoms with Crippen LogP contribution >= 0.6 is 0 Å². The molecule has 0 radical (unpaired) electrons. The van der Waals surface area contributed by atoms with E-state index in [9.17, 15) is 0 Å². The molecule has 2 heterocycles. The number of hydrogen-bond donors (Lipinski definition) is 0. The second kappa shape index (κ2) is 12.1. The van der Waals surface area contributed by atoms with Gasteiger partial charge in [-0.2, -0.15) is 0 Å². The molecule has 1 aliphatic heterocycles. The number of piperazine rings is 1. The number of allylic oxidation sites excluding steroid dienone is 1. The third-order valence-corrected chi connectivity index (χ3v) is 9.04. The maximum atomic E-state index is 15.1. The average Bonchev–Trinajstić information content (AvgIpc) is 2.94. The number of aryl methyl sites for hydroxylation is 2. The van der Waals surface area contributed by atoms with E-state index >= 15 is 4.39 Å². The summed E-state index contributed by atoms with van der Waals surface area (Å²) in [4.78, 5) is 9.19. The molecular formula is C35H44FN3. The molecule has 1 saturated heterocycles. The van der Waals surface area contributed by atoms with Gasteiger partial charge in [0.05, 0.1) is 6.20 Å². The van der Waals surface area contributed by atoms with Crippen molar-refractivity contribution in [2.75, 3.05) is 33.2 Å². The predicted molar refractivity (Wildman–Crippen MR) is 161 cm³/mol. The summed E-state index contributed by atoms with van der Waals surface area (Å²) >= 11 is 0. The van der Waals surface area contributed by atoms with Crippen molar-refractivity contribution in [2.45, 2.75) is 65.3 Å². The van der Waals surface area contributed by atoms with E-state index in [1.807, 2.05) is 6.07 Å². The van der Waals surface area contributed by atoms with Crippen molar-refractivity contribution < 1.29 is 4.39 Å². The van der Waals surface area contributed by atoms with Gasteiger partial charge in [-0.1, -0.05) is 62.4 Å². The molecular weight excluding hydrogens is 481 g/mol. The fraction of sp³-hybridized carbons (Fsp3) is 0.457. The van der Waals surface area contributed by atoms with Gasteiger partial charge in [0.25, 0.3) is 0 Å². The van der Waals surface area contributed by atoms with Crippen molar-refractivity contribution in [1.82, 2.24) is 14.8 Å². The summed E-state index contributed by atoms with van der Waals surface area (Å²) in [5, 5.41) is 0. The van der Waals surface area contributed by atoms with Gasteiger partial charge in [0, 0.05) is 44.0 Å².